The van der Waals surface area contributed by atoms with E-state index in [4.69, 9.17) is 10.5 Å². The maximum atomic E-state index is 9.22. The van der Waals surface area contributed by atoms with Crippen molar-refractivity contribution >= 4 is 10.4 Å². The Hall–Kier alpha value is -1.97. The van der Waals surface area contributed by atoms with Crippen molar-refractivity contribution < 1.29 is 21.6 Å². The molecule has 0 saturated heterocycles. The number of rotatable bonds is 4. The van der Waals surface area contributed by atoms with Crippen LogP contribution >= 0.6 is 0 Å². The summed E-state index contributed by atoms with van der Waals surface area (Å²) in [6, 6.07) is 13.7. The van der Waals surface area contributed by atoms with Crippen molar-refractivity contribution in [1.82, 2.24) is 0 Å². The lowest BCUT2D eigenvalue weighted by atomic mass is 10.1. The van der Waals surface area contributed by atoms with E-state index in [0.29, 0.717) is 11.0 Å². The Morgan fingerprint density at radius 1 is 1.29 bits per heavy atom. The molecule has 0 heterocycles. The SMILES string of the molecule is COS(=O)(=O)[O-].C[N+](C)(CC#N)C(C#N)c1ccccc1. The van der Waals surface area contributed by atoms with Crippen molar-refractivity contribution in [2.45, 2.75) is 6.04 Å². The molecule has 1 aromatic rings. The average molecular weight is 311 g/mol. The van der Waals surface area contributed by atoms with Crippen LogP contribution in [-0.2, 0) is 14.6 Å². The second kappa shape index (κ2) is 8.35. The van der Waals surface area contributed by atoms with E-state index in [9.17, 15) is 13.0 Å². The molecule has 0 bridgehead atoms. The molecule has 7 nitrogen and oxygen atoms in total. The molecule has 1 unspecified atom stereocenters. The first-order chi connectivity index (χ1) is 9.68. The van der Waals surface area contributed by atoms with Gasteiger partial charge in [-0.2, -0.15) is 10.5 Å². The van der Waals surface area contributed by atoms with E-state index in [1.807, 2.05) is 44.4 Å². The Bertz CT molecular complexity index is 615. The lowest BCUT2D eigenvalue weighted by Crippen LogP contribution is -2.42. The van der Waals surface area contributed by atoms with Crippen molar-refractivity contribution in [2.75, 3.05) is 27.7 Å². The summed E-state index contributed by atoms with van der Waals surface area (Å²) in [7, 11) is 0.182. The van der Waals surface area contributed by atoms with Crippen LogP contribution in [0, 0.1) is 22.7 Å². The van der Waals surface area contributed by atoms with Gasteiger partial charge < -0.3 is 4.55 Å². The predicted molar refractivity (Wildman–Crippen MR) is 74.1 cm³/mol. The average Bonchev–Trinajstić information content (AvgIpc) is 2.40. The number of hydrogen-bond acceptors (Lipinski definition) is 6. The summed E-state index contributed by atoms with van der Waals surface area (Å²) < 4.78 is 31.4. The standard InChI is InChI=1S/C12H14N3.CH4O4S/c1-15(2,9-8-13)12(10-14)11-6-4-3-5-7-11;1-5-6(2,3)4/h3-7,12H,9H2,1-2H3;1H3,(H,2,3,4)/q+1;/p-1. The summed E-state index contributed by atoms with van der Waals surface area (Å²) in [6.07, 6.45) is 0. The van der Waals surface area contributed by atoms with E-state index in [1.165, 1.54) is 0 Å². The van der Waals surface area contributed by atoms with Crippen LogP contribution in [0.1, 0.15) is 11.6 Å². The van der Waals surface area contributed by atoms with Gasteiger partial charge in [0.1, 0.15) is 12.1 Å². The van der Waals surface area contributed by atoms with Gasteiger partial charge in [0.05, 0.1) is 21.2 Å². The van der Waals surface area contributed by atoms with Gasteiger partial charge in [0.2, 0.25) is 16.4 Å². The van der Waals surface area contributed by atoms with E-state index in [-0.39, 0.29) is 6.04 Å². The van der Waals surface area contributed by atoms with E-state index in [0.717, 1.165) is 12.7 Å². The fourth-order valence-corrected chi connectivity index (χ4v) is 1.54. The molecular formula is C13H17N3O4S. The Labute approximate surface area is 125 Å². The van der Waals surface area contributed by atoms with E-state index >= 15 is 0 Å². The molecular weight excluding hydrogens is 294 g/mol. The third-order valence-corrected chi connectivity index (χ3v) is 3.03. The van der Waals surface area contributed by atoms with Crippen LogP contribution in [0.4, 0.5) is 0 Å². The monoisotopic (exact) mass is 311 g/mol. The molecule has 0 aromatic heterocycles. The molecule has 8 heteroatoms. The van der Waals surface area contributed by atoms with Gasteiger partial charge in [-0.1, -0.05) is 30.3 Å². The van der Waals surface area contributed by atoms with Crippen LogP contribution in [0.2, 0.25) is 0 Å². The maximum Gasteiger partial charge on any atom is 0.217 e. The predicted octanol–water partition coefficient (Wildman–Crippen LogP) is 0.944. The van der Waals surface area contributed by atoms with Gasteiger partial charge >= 0.3 is 0 Å². The van der Waals surface area contributed by atoms with Crippen molar-refractivity contribution in [3.63, 3.8) is 0 Å². The fraction of sp³-hybridized carbons (Fsp3) is 0.385. The first-order valence-corrected chi connectivity index (χ1v) is 7.17. The normalized spacial score (nSPS) is 12.3. The summed E-state index contributed by atoms with van der Waals surface area (Å²) >= 11 is 0. The van der Waals surface area contributed by atoms with Gasteiger partial charge in [-0.25, -0.2) is 8.42 Å². The first-order valence-electron chi connectivity index (χ1n) is 5.83. The number of nitrogens with zero attached hydrogens (tertiary/aromatic N) is 3. The van der Waals surface area contributed by atoms with E-state index in [1.54, 1.807) is 0 Å². The van der Waals surface area contributed by atoms with Crippen molar-refractivity contribution in [2.24, 2.45) is 0 Å². The van der Waals surface area contributed by atoms with Crippen LogP contribution in [-0.4, -0.2) is 45.2 Å². The molecule has 0 aliphatic carbocycles. The van der Waals surface area contributed by atoms with Gasteiger partial charge in [-0.15, -0.1) is 0 Å². The Kier molecular flexibility index (Phi) is 7.56. The minimum absolute atomic E-state index is 0.286. The molecule has 0 saturated carbocycles. The highest BCUT2D eigenvalue weighted by Gasteiger charge is 2.29. The van der Waals surface area contributed by atoms with Crippen LogP contribution < -0.4 is 0 Å². The second-order valence-corrected chi connectivity index (χ2v) is 5.76. The Morgan fingerprint density at radius 3 is 2.10 bits per heavy atom. The van der Waals surface area contributed by atoms with Crippen molar-refractivity contribution in [1.29, 1.82) is 10.5 Å². The fourth-order valence-electron chi connectivity index (χ4n) is 1.54. The minimum Gasteiger partial charge on any atom is -0.726 e. The molecule has 1 aromatic carbocycles. The molecule has 0 aliphatic heterocycles. The third-order valence-electron chi connectivity index (χ3n) is 2.62. The summed E-state index contributed by atoms with van der Waals surface area (Å²) in [4.78, 5) is 0. The van der Waals surface area contributed by atoms with Gasteiger partial charge in [0, 0.05) is 5.56 Å². The molecule has 1 rings (SSSR count). The van der Waals surface area contributed by atoms with Crippen LogP contribution in [0.25, 0.3) is 0 Å². The zero-order valence-corrected chi connectivity index (χ0v) is 12.9. The highest BCUT2D eigenvalue weighted by molar-refractivity contribution is 7.80. The third kappa shape index (κ3) is 7.40. The summed E-state index contributed by atoms with van der Waals surface area (Å²) in [5, 5.41) is 17.9. The minimum atomic E-state index is -4.41. The molecule has 1 atom stereocenters. The van der Waals surface area contributed by atoms with E-state index < -0.39 is 10.4 Å². The van der Waals surface area contributed by atoms with Gasteiger partial charge in [0.15, 0.2) is 6.54 Å². The van der Waals surface area contributed by atoms with Crippen LogP contribution in [0.5, 0.6) is 0 Å². The molecule has 0 fully saturated rings. The van der Waals surface area contributed by atoms with Crippen molar-refractivity contribution in [3.05, 3.63) is 35.9 Å². The lowest BCUT2D eigenvalue weighted by molar-refractivity contribution is -0.906. The molecule has 0 spiro atoms. The van der Waals surface area contributed by atoms with Gasteiger partial charge in [0.25, 0.3) is 0 Å². The summed E-state index contributed by atoms with van der Waals surface area (Å²) in [5.74, 6) is 0. The van der Waals surface area contributed by atoms with Crippen LogP contribution in [0.15, 0.2) is 30.3 Å². The van der Waals surface area contributed by atoms with Gasteiger partial charge in [-0.3, -0.25) is 8.67 Å². The second-order valence-electron chi connectivity index (χ2n) is 4.61. The maximum absolute atomic E-state index is 9.22. The Balaban J connectivity index is 0.000000567. The molecule has 0 aliphatic rings. The number of hydrogen-bond donors (Lipinski definition) is 0. The molecule has 21 heavy (non-hydrogen) atoms. The number of quaternary nitrogens is 1. The lowest BCUT2D eigenvalue weighted by Gasteiger charge is -2.31. The number of benzene rings is 1. The highest BCUT2D eigenvalue weighted by atomic mass is 32.3. The summed E-state index contributed by atoms with van der Waals surface area (Å²) in [6.45, 7) is 0.327. The highest BCUT2D eigenvalue weighted by Crippen LogP contribution is 2.23. The smallest absolute Gasteiger partial charge is 0.217 e. The largest absolute Gasteiger partial charge is 0.726 e. The molecule has 0 radical (unpaired) electrons. The quantitative estimate of drug-likeness (QED) is 0.354. The van der Waals surface area contributed by atoms with E-state index in [2.05, 4.69) is 16.3 Å². The zero-order chi connectivity index (χ0) is 16.5. The Morgan fingerprint density at radius 2 is 1.76 bits per heavy atom. The topological polar surface area (TPSA) is 114 Å². The summed E-state index contributed by atoms with van der Waals surface area (Å²) in [5.41, 5.74) is 0.959. The molecule has 0 amide bonds. The van der Waals surface area contributed by atoms with Crippen molar-refractivity contribution in [3.8, 4) is 12.1 Å². The zero-order valence-electron chi connectivity index (χ0n) is 12.1. The molecule has 114 valence electrons. The first kappa shape index (κ1) is 19.0. The number of nitriles is 2. The van der Waals surface area contributed by atoms with Gasteiger partial charge in [-0.05, 0) is 0 Å². The van der Waals surface area contributed by atoms with Crippen LogP contribution in [0.3, 0.4) is 0 Å². The molecule has 0 N–H and O–H groups in total.